The summed E-state index contributed by atoms with van der Waals surface area (Å²) < 4.78 is 6.08. The number of rotatable bonds is 4. The van der Waals surface area contributed by atoms with Crippen molar-refractivity contribution in [3.63, 3.8) is 0 Å². The molecule has 1 aromatic carbocycles. The van der Waals surface area contributed by atoms with Crippen LogP contribution in [0.4, 0.5) is 5.69 Å². The maximum atomic E-state index is 6.08. The van der Waals surface area contributed by atoms with E-state index in [1.807, 2.05) is 31.6 Å². The summed E-state index contributed by atoms with van der Waals surface area (Å²) in [6.07, 6.45) is 8.75. The lowest BCUT2D eigenvalue weighted by molar-refractivity contribution is 0.369. The first-order valence-electron chi connectivity index (χ1n) is 8.23. The number of anilines is 1. The lowest BCUT2D eigenvalue weighted by Crippen LogP contribution is -2.28. The predicted molar refractivity (Wildman–Crippen MR) is 95.8 cm³/mol. The molecule has 4 rings (SSSR count). The summed E-state index contributed by atoms with van der Waals surface area (Å²) in [6.45, 7) is 3.03. The van der Waals surface area contributed by atoms with E-state index in [1.54, 1.807) is 0 Å². The molecule has 1 aliphatic heterocycles. The number of fused-ring (bicyclic) bond motifs is 3. The third-order valence-corrected chi connectivity index (χ3v) is 4.88. The molecule has 0 amide bonds. The van der Waals surface area contributed by atoms with Crippen molar-refractivity contribution in [3.8, 4) is 5.75 Å². The molecule has 0 radical (unpaired) electrons. The van der Waals surface area contributed by atoms with Gasteiger partial charge in [0.2, 0.25) is 0 Å². The van der Waals surface area contributed by atoms with Gasteiger partial charge in [0.25, 0.3) is 0 Å². The summed E-state index contributed by atoms with van der Waals surface area (Å²) in [5, 5.41) is 6.77. The minimum absolute atomic E-state index is 0.100. The van der Waals surface area contributed by atoms with Gasteiger partial charge < -0.3 is 15.4 Å². The molecular weight excluding hydrogens is 298 g/mol. The summed E-state index contributed by atoms with van der Waals surface area (Å²) in [6, 6.07) is 10.4. The number of aromatic nitrogens is 1. The average Bonchev–Trinajstić information content (AvgIpc) is 2.92. The SMILES string of the molecule is CNC1=CC=C2Oc3ccc(NCc4ccncc4)cc3C2(C)C1. The molecule has 122 valence electrons. The van der Waals surface area contributed by atoms with Crippen LogP contribution in [-0.2, 0) is 12.0 Å². The summed E-state index contributed by atoms with van der Waals surface area (Å²) in [7, 11) is 1.97. The van der Waals surface area contributed by atoms with E-state index in [9.17, 15) is 0 Å². The molecule has 0 saturated carbocycles. The number of hydrogen-bond donors (Lipinski definition) is 2. The molecule has 2 aliphatic rings. The van der Waals surface area contributed by atoms with Crippen molar-refractivity contribution >= 4 is 5.69 Å². The zero-order valence-electron chi connectivity index (χ0n) is 14.0. The highest BCUT2D eigenvalue weighted by molar-refractivity contribution is 5.60. The average molecular weight is 319 g/mol. The highest BCUT2D eigenvalue weighted by Crippen LogP contribution is 2.50. The number of benzene rings is 1. The Kier molecular flexibility index (Phi) is 3.53. The monoisotopic (exact) mass is 319 g/mol. The van der Waals surface area contributed by atoms with E-state index in [4.69, 9.17) is 4.74 Å². The molecule has 0 fully saturated rings. The second-order valence-electron chi connectivity index (χ2n) is 6.50. The first kappa shape index (κ1) is 14.8. The minimum Gasteiger partial charge on any atom is -0.460 e. The van der Waals surface area contributed by atoms with E-state index in [1.165, 1.54) is 16.8 Å². The zero-order valence-corrected chi connectivity index (χ0v) is 14.0. The predicted octanol–water partition coefficient (Wildman–Crippen LogP) is 3.73. The van der Waals surface area contributed by atoms with Crippen LogP contribution in [0.15, 0.2) is 66.3 Å². The maximum absolute atomic E-state index is 6.08. The topological polar surface area (TPSA) is 46.2 Å². The van der Waals surface area contributed by atoms with E-state index < -0.39 is 0 Å². The second kappa shape index (κ2) is 5.71. The first-order chi connectivity index (χ1) is 11.7. The van der Waals surface area contributed by atoms with Crippen molar-refractivity contribution < 1.29 is 4.74 Å². The van der Waals surface area contributed by atoms with Crippen LogP contribution >= 0.6 is 0 Å². The van der Waals surface area contributed by atoms with Crippen molar-refractivity contribution in [3.05, 3.63) is 77.5 Å². The van der Waals surface area contributed by atoms with Gasteiger partial charge in [0.15, 0.2) is 0 Å². The molecule has 4 heteroatoms. The van der Waals surface area contributed by atoms with Crippen LogP contribution in [0.1, 0.15) is 24.5 Å². The normalized spacial score (nSPS) is 21.1. The van der Waals surface area contributed by atoms with Crippen LogP contribution in [0.3, 0.4) is 0 Å². The largest absolute Gasteiger partial charge is 0.460 e. The fourth-order valence-corrected chi connectivity index (χ4v) is 3.42. The fraction of sp³-hybridized carbons (Fsp3) is 0.250. The zero-order chi connectivity index (χ0) is 16.6. The van der Waals surface area contributed by atoms with Crippen molar-refractivity contribution in [1.82, 2.24) is 10.3 Å². The van der Waals surface area contributed by atoms with Crippen LogP contribution in [0.5, 0.6) is 5.75 Å². The van der Waals surface area contributed by atoms with Crippen molar-refractivity contribution in [1.29, 1.82) is 0 Å². The van der Waals surface area contributed by atoms with Gasteiger partial charge >= 0.3 is 0 Å². The Morgan fingerprint density at radius 3 is 2.79 bits per heavy atom. The Morgan fingerprint density at radius 2 is 2.00 bits per heavy atom. The van der Waals surface area contributed by atoms with E-state index in [2.05, 4.69) is 52.9 Å². The Balaban J connectivity index is 1.59. The van der Waals surface area contributed by atoms with Gasteiger partial charge in [-0.05, 0) is 55.0 Å². The Morgan fingerprint density at radius 1 is 1.17 bits per heavy atom. The number of nitrogens with zero attached hydrogens (tertiary/aromatic N) is 1. The number of pyridine rings is 1. The van der Waals surface area contributed by atoms with E-state index in [0.29, 0.717) is 0 Å². The summed E-state index contributed by atoms with van der Waals surface area (Å²) >= 11 is 0. The Labute approximate surface area is 142 Å². The van der Waals surface area contributed by atoms with Crippen LogP contribution < -0.4 is 15.4 Å². The van der Waals surface area contributed by atoms with E-state index in [0.717, 1.165) is 30.2 Å². The van der Waals surface area contributed by atoms with Gasteiger partial charge in [0.1, 0.15) is 11.5 Å². The molecule has 4 nitrogen and oxygen atoms in total. The number of ether oxygens (including phenoxy) is 1. The highest BCUT2D eigenvalue weighted by Gasteiger charge is 2.43. The Bertz CT molecular complexity index is 826. The molecule has 0 saturated heterocycles. The molecule has 0 bridgehead atoms. The third-order valence-electron chi connectivity index (χ3n) is 4.88. The van der Waals surface area contributed by atoms with Crippen LogP contribution in [0.25, 0.3) is 0 Å². The van der Waals surface area contributed by atoms with Gasteiger partial charge in [0.05, 0.1) is 5.41 Å². The number of hydrogen-bond acceptors (Lipinski definition) is 4. The number of allylic oxidation sites excluding steroid dienone is 4. The molecule has 0 spiro atoms. The second-order valence-corrected chi connectivity index (χ2v) is 6.50. The molecule has 1 atom stereocenters. The maximum Gasteiger partial charge on any atom is 0.131 e. The van der Waals surface area contributed by atoms with Crippen LogP contribution in [0, 0.1) is 0 Å². The minimum atomic E-state index is -0.100. The Hall–Kier alpha value is -2.75. The van der Waals surface area contributed by atoms with Crippen molar-refractivity contribution in [2.45, 2.75) is 25.3 Å². The molecule has 1 aliphatic carbocycles. The molecule has 1 unspecified atom stereocenters. The fourth-order valence-electron chi connectivity index (χ4n) is 3.42. The highest BCUT2D eigenvalue weighted by atomic mass is 16.5. The van der Waals surface area contributed by atoms with Gasteiger partial charge in [0, 0.05) is 49.4 Å². The summed E-state index contributed by atoms with van der Waals surface area (Å²) in [4.78, 5) is 4.06. The van der Waals surface area contributed by atoms with E-state index in [-0.39, 0.29) is 5.41 Å². The summed E-state index contributed by atoms with van der Waals surface area (Å²) in [5.41, 5.74) is 4.70. The molecule has 2 N–H and O–H groups in total. The van der Waals surface area contributed by atoms with E-state index >= 15 is 0 Å². The first-order valence-corrected chi connectivity index (χ1v) is 8.23. The van der Waals surface area contributed by atoms with Crippen molar-refractivity contribution in [2.24, 2.45) is 0 Å². The molecule has 24 heavy (non-hydrogen) atoms. The third kappa shape index (κ3) is 2.44. The van der Waals surface area contributed by atoms with Gasteiger partial charge in [-0.3, -0.25) is 4.98 Å². The van der Waals surface area contributed by atoms with Gasteiger partial charge in [-0.25, -0.2) is 0 Å². The molecular formula is C20H21N3O. The van der Waals surface area contributed by atoms with Crippen LogP contribution in [-0.4, -0.2) is 12.0 Å². The van der Waals surface area contributed by atoms with Crippen molar-refractivity contribution in [2.75, 3.05) is 12.4 Å². The van der Waals surface area contributed by atoms with Gasteiger partial charge in [-0.1, -0.05) is 0 Å². The molecule has 2 heterocycles. The molecule has 2 aromatic rings. The van der Waals surface area contributed by atoms with Crippen LogP contribution in [0.2, 0.25) is 0 Å². The number of nitrogens with one attached hydrogen (secondary N) is 2. The standard InChI is InChI=1S/C20H21N3O/c1-20-12-16(21-2)4-6-19(20)24-18-5-3-15(11-17(18)20)23-13-14-7-9-22-10-8-14/h3-11,21,23H,12-13H2,1-2H3. The lowest BCUT2D eigenvalue weighted by atomic mass is 9.75. The van der Waals surface area contributed by atoms with Gasteiger partial charge in [-0.2, -0.15) is 0 Å². The lowest BCUT2D eigenvalue weighted by Gasteiger charge is -2.28. The summed E-state index contributed by atoms with van der Waals surface area (Å²) in [5.74, 6) is 1.99. The molecule has 1 aromatic heterocycles. The van der Waals surface area contributed by atoms with Gasteiger partial charge in [-0.15, -0.1) is 0 Å². The smallest absolute Gasteiger partial charge is 0.131 e. The quantitative estimate of drug-likeness (QED) is 0.901.